The SMILES string of the molecule is Cc1ccc(CN(c2nccs2)S(=O)(=O)c2cc(Cl)c(N3CCC(CCC(=O)N(C)C)C3)cc2F)cc1C. The van der Waals surface area contributed by atoms with Crippen LogP contribution < -0.4 is 9.21 Å². The lowest BCUT2D eigenvalue weighted by atomic mass is 10.0. The summed E-state index contributed by atoms with van der Waals surface area (Å²) >= 11 is 7.73. The van der Waals surface area contributed by atoms with Crippen LogP contribution in [0.4, 0.5) is 15.2 Å². The zero-order chi connectivity index (χ0) is 27.6. The Labute approximate surface area is 232 Å². The molecule has 38 heavy (non-hydrogen) atoms. The minimum atomic E-state index is -4.31. The molecule has 0 N–H and O–H groups in total. The second kappa shape index (κ2) is 11.6. The third-order valence-electron chi connectivity index (χ3n) is 6.99. The molecule has 3 aromatic rings. The monoisotopic (exact) mass is 578 g/mol. The van der Waals surface area contributed by atoms with Crippen LogP contribution in [0.1, 0.15) is 36.0 Å². The summed E-state index contributed by atoms with van der Waals surface area (Å²) in [5.41, 5.74) is 3.36. The maximum Gasteiger partial charge on any atom is 0.269 e. The number of carbonyl (C=O) groups excluding carboxylic acids is 1. The smallest absolute Gasteiger partial charge is 0.269 e. The summed E-state index contributed by atoms with van der Waals surface area (Å²) in [6.07, 6.45) is 3.57. The summed E-state index contributed by atoms with van der Waals surface area (Å²) in [5, 5.41) is 2.10. The van der Waals surface area contributed by atoms with E-state index in [1.807, 2.05) is 36.9 Å². The molecule has 2 heterocycles. The van der Waals surface area contributed by atoms with Crippen molar-refractivity contribution in [3.63, 3.8) is 0 Å². The van der Waals surface area contributed by atoms with Gasteiger partial charge in [0.15, 0.2) is 5.13 Å². The molecule has 11 heteroatoms. The summed E-state index contributed by atoms with van der Waals surface area (Å²) < 4.78 is 44.2. The molecule has 4 rings (SSSR count). The molecule has 1 saturated heterocycles. The summed E-state index contributed by atoms with van der Waals surface area (Å²) in [4.78, 5) is 19.2. The molecular formula is C27H32ClFN4O3S2. The van der Waals surface area contributed by atoms with Crippen LogP contribution in [-0.2, 0) is 21.4 Å². The lowest BCUT2D eigenvalue weighted by molar-refractivity contribution is -0.128. The number of nitrogens with zero attached hydrogens (tertiary/aromatic N) is 4. The molecule has 1 aliphatic rings. The Balaban J connectivity index is 1.59. The Kier molecular flexibility index (Phi) is 8.64. The molecule has 1 unspecified atom stereocenters. The molecule has 2 aromatic carbocycles. The number of rotatable bonds is 9. The third kappa shape index (κ3) is 6.13. The van der Waals surface area contributed by atoms with E-state index in [9.17, 15) is 13.2 Å². The molecule has 1 aromatic heterocycles. The highest BCUT2D eigenvalue weighted by Gasteiger charge is 2.32. The summed E-state index contributed by atoms with van der Waals surface area (Å²) in [6, 6.07) is 8.13. The first-order chi connectivity index (χ1) is 18.0. The van der Waals surface area contributed by atoms with Crippen molar-refractivity contribution in [2.24, 2.45) is 5.92 Å². The van der Waals surface area contributed by atoms with E-state index in [1.165, 1.54) is 29.7 Å². The number of aromatic nitrogens is 1. The van der Waals surface area contributed by atoms with Gasteiger partial charge in [0.25, 0.3) is 10.0 Å². The largest absolute Gasteiger partial charge is 0.370 e. The van der Waals surface area contributed by atoms with Gasteiger partial charge in [0.2, 0.25) is 5.91 Å². The number of hydrogen-bond donors (Lipinski definition) is 0. The number of benzene rings is 2. The van der Waals surface area contributed by atoms with Crippen LogP contribution in [0.25, 0.3) is 0 Å². The number of halogens is 2. The van der Waals surface area contributed by atoms with Crippen molar-refractivity contribution >= 4 is 49.7 Å². The average molecular weight is 579 g/mol. The maximum atomic E-state index is 15.5. The van der Waals surface area contributed by atoms with Crippen LogP contribution in [0.15, 0.2) is 46.8 Å². The van der Waals surface area contributed by atoms with E-state index in [2.05, 4.69) is 4.98 Å². The van der Waals surface area contributed by atoms with Gasteiger partial charge in [-0.25, -0.2) is 22.1 Å². The molecule has 0 radical (unpaired) electrons. The molecule has 1 amide bonds. The van der Waals surface area contributed by atoms with Gasteiger partial charge in [-0.05, 0) is 55.4 Å². The van der Waals surface area contributed by atoms with E-state index < -0.39 is 20.7 Å². The van der Waals surface area contributed by atoms with Crippen LogP contribution in [0.2, 0.25) is 5.02 Å². The Hall–Kier alpha value is -2.69. The van der Waals surface area contributed by atoms with Gasteiger partial charge in [0.1, 0.15) is 10.7 Å². The lowest BCUT2D eigenvalue weighted by Gasteiger charge is -2.24. The number of hydrogen-bond acceptors (Lipinski definition) is 6. The van der Waals surface area contributed by atoms with Crippen molar-refractivity contribution in [3.05, 3.63) is 69.4 Å². The summed E-state index contributed by atoms with van der Waals surface area (Å²) in [5.74, 6) is -0.509. The van der Waals surface area contributed by atoms with E-state index in [4.69, 9.17) is 11.6 Å². The van der Waals surface area contributed by atoms with Gasteiger partial charge in [-0.15, -0.1) is 11.3 Å². The Morgan fingerprint density at radius 1 is 1.21 bits per heavy atom. The third-order valence-corrected chi connectivity index (χ3v) is 9.96. The van der Waals surface area contributed by atoms with E-state index in [-0.39, 0.29) is 28.5 Å². The molecule has 1 aliphatic heterocycles. The Bertz CT molecular complexity index is 1410. The van der Waals surface area contributed by atoms with Crippen molar-refractivity contribution < 1.29 is 17.6 Å². The van der Waals surface area contributed by atoms with E-state index in [1.54, 1.807) is 24.4 Å². The molecular weight excluding hydrogens is 547 g/mol. The minimum absolute atomic E-state index is 0.00918. The molecule has 0 spiro atoms. The van der Waals surface area contributed by atoms with Crippen LogP contribution in [0, 0.1) is 25.6 Å². The number of thiazole rings is 1. The highest BCUT2D eigenvalue weighted by molar-refractivity contribution is 7.93. The standard InChI is InChI=1S/C27H32ClFN4O3S2/c1-18-5-6-21(13-19(18)2)17-33(27-30-10-12-37-27)38(35,36)25-14-22(28)24(15-23(25)29)32-11-9-20(16-32)7-8-26(34)31(3)4/h5-6,10,12-15,20H,7-9,11,16-17H2,1-4H3. The van der Waals surface area contributed by atoms with Crippen molar-refractivity contribution in [2.45, 2.75) is 44.6 Å². The van der Waals surface area contributed by atoms with Gasteiger partial charge >= 0.3 is 0 Å². The fourth-order valence-corrected chi connectivity index (χ4v) is 7.28. The first-order valence-corrected chi connectivity index (χ1v) is 15.1. The number of amides is 1. The van der Waals surface area contributed by atoms with Crippen LogP contribution in [-0.4, -0.2) is 51.4 Å². The van der Waals surface area contributed by atoms with Crippen molar-refractivity contribution in [2.75, 3.05) is 36.4 Å². The summed E-state index contributed by atoms with van der Waals surface area (Å²) in [7, 11) is -0.845. The first-order valence-electron chi connectivity index (χ1n) is 12.4. The second-order valence-corrected chi connectivity index (χ2v) is 13.0. The van der Waals surface area contributed by atoms with Crippen LogP contribution in [0.3, 0.4) is 0 Å². The number of carbonyl (C=O) groups is 1. The zero-order valence-electron chi connectivity index (χ0n) is 21.9. The second-order valence-electron chi connectivity index (χ2n) is 9.91. The topological polar surface area (TPSA) is 73.8 Å². The van der Waals surface area contributed by atoms with Gasteiger partial charge in [0.05, 0.1) is 17.3 Å². The molecule has 0 saturated carbocycles. The first kappa shape index (κ1) is 28.3. The van der Waals surface area contributed by atoms with Gasteiger partial charge in [-0.2, -0.15) is 0 Å². The molecule has 204 valence electrons. The van der Waals surface area contributed by atoms with Gasteiger partial charge < -0.3 is 9.80 Å². The fraction of sp³-hybridized carbons (Fsp3) is 0.407. The summed E-state index contributed by atoms with van der Waals surface area (Å²) in [6.45, 7) is 5.24. The van der Waals surface area contributed by atoms with Gasteiger partial charge in [-0.3, -0.25) is 4.79 Å². The Morgan fingerprint density at radius 2 is 1.97 bits per heavy atom. The molecule has 1 fully saturated rings. The van der Waals surface area contributed by atoms with E-state index >= 15 is 4.39 Å². The van der Waals surface area contributed by atoms with Crippen molar-refractivity contribution in [1.82, 2.24) is 9.88 Å². The van der Waals surface area contributed by atoms with Crippen LogP contribution >= 0.6 is 22.9 Å². The number of aryl methyl sites for hydroxylation is 2. The Morgan fingerprint density at radius 3 is 2.63 bits per heavy atom. The zero-order valence-corrected chi connectivity index (χ0v) is 24.3. The maximum absolute atomic E-state index is 15.5. The van der Waals surface area contributed by atoms with E-state index in [0.29, 0.717) is 25.2 Å². The average Bonchev–Trinajstić information content (AvgIpc) is 3.56. The van der Waals surface area contributed by atoms with Crippen molar-refractivity contribution in [3.8, 4) is 0 Å². The highest BCUT2D eigenvalue weighted by Crippen LogP contribution is 2.37. The minimum Gasteiger partial charge on any atom is -0.370 e. The molecule has 0 aliphatic carbocycles. The highest BCUT2D eigenvalue weighted by atomic mass is 35.5. The fourth-order valence-electron chi connectivity index (χ4n) is 4.58. The quantitative estimate of drug-likeness (QED) is 0.328. The predicted molar refractivity (Wildman–Crippen MR) is 151 cm³/mol. The normalized spacial score (nSPS) is 15.6. The van der Waals surface area contributed by atoms with Crippen molar-refractivity contribution in [1.29, 1.82) is 0 Å². The predicted octanol–water partition coefficient (Wildman–Crippen LogP) is 5.64. The van der Waals surface area contributed by atoms with Gasteiger partial charge in [0, 0.05) is 51.2 Å². The molecule has 7 nitrogen and oxygen atoms in total. The number of sulfonamides is 1. The van der Waals surface area contributed by atoms with E-state index in [0.717, 1.165) is 33.8 Å². The molecule has 0 bridgehead atoms. The number of anilines is 2. The van der Waals surface area contributed by atoms with Crippen LogP contribution in [0.5, 0.6) is 0 Å². The molecule has 1 atom stereocenters. The van der Waals surface area contributed by atoms with Gasteiger partial charge in [-0.1, -0.05) is 29.8 Å². The lowest BCUT2D eigenvalue weighted by Crippen LogP contribution is -2.31.